The predicted octanol–water partition coefficient (Wildman–Crippen LogP) is 1.64. The second-order valence-electron chi connectivity index (χ2n) is 4.11. The molecule has 0 radical (unpaired) electrons. The maximum atomic E-state index is 13.2. The molecule has 1 aromatic carbocycles. The zero-order chi connectivity index (χ0) is 11.6. The Morgan fingerprint density at radius 3 is 2.47 bits per heavy atom. The van der Waals surface area contributed by atoms with Gasteiger partial charge in [-0.2, -0.15) is 0 Å². The van der Waals surface area contributed by atoms with E-state index in [-0.39, 0.29) is 12.0 Å². The fourth-order valence-electron chi connectivity index (χ4n) is 1.16. The number of halogens is 2. The third kappa shape index (κ3) is 3.25. The number of rotatable bonds is 3. The van der Waals surface area contributed by atoms with Crippen molar-refractivity contribution in [1.29, 1.82) is 0 Å². The third-order valence-electron chi connectivity index (χ3n) is 2.24. The quantitative estimate of drug-likeness (QED) is 0.806. The van der Waals surface area contributed by atoms with Crippen LogP contribution in [0.2, 0.25) is 0 Å². The van der Waals surface area contributed by atoms with Crippen LogP contribution in [0.25, 0.3) is 0 Å². The molecule has 0 spiro atoms. The SMILES string of the molecule is CC(C)(O)C(O)Cc1cc(F)ccc1F. The van der Waals surface area contributed by atoms with E-state index in [2.05, 4.69) is 0 Å². The fourth-order valence-corrected chi connectivity index (χ4v) is 1.16. The smallest absolute Gasteiger partial charge is 0.126 e. The highest BCUT2D eigenvalue weighted by Gasteiger charge is 2.25. The van der Waals surface area contributed by atoms with Crippen molar-refractivity contribution in [3.8, 4) is 0 Å². The van der Waals surface area contributed by atoms with E-state index in [1.807, 2.05) is 0 Å². The van der Waals surface area contributed by atoms with E-state index < -0.39 is 23.3 Å². The lowest BCUT2D eigenvalue weighted by Gasteiger charge is -2.24. The standard InChI is InChI=1S/C11H14F2O2/c1-11(2,15)10(14)6-7-5-8(12)3-4-9(7)13/h3-5,10,14-15H,6H2,1-2H3. The first kappa shape index (κ1) is 12.1. The third-order valence-corrected chi connectivity index (χ3v) is 2.24. The van der Waals surface area contributed by atoms with Gasteiger partial charge < -0.3 is 10.2 Å². The van der Waals surface area contributed by atoms with Gasteiger partial charge in [0, 0.05) is 6.42 Å². The molecule has 0 heterocycles. The van der Waals surface area contributed by atoms with Crippen molar-refractivity contribution in [2.75, 3.05) is 0 Å². The lowest BCUT2D eigenvalue weighted by Crippen LogP contribution is -2.37. The van der Waals surface area contributed by atoms with Crippen LogP contribution >= 0.6 is 0 Å². The Kier molecular flexibility index (Phi) is 3.42. The van der Waals surface area contributed by atoms with Crippen molar-refractivity contribution in [1.82, 2.24) is 0 Å². The minimum absolute atomic E-state index is 0.0598. The van der Waals surface area contributed by atoms with E-state index in [4.69, 9.17) is 0 Å². The molecule has 1 atom stereocenters. The fraction of sp³-hybridized carbons (Fsp3) is 0.455. The van der Waals surface area contributed by atoms with E-state index in [1.165, 1.54) is 13.8 Å². The first-order valence-electron chi connectivity index (χ1n) is 4.65. The highest BCUT2D eigenvalue weighted by Crippen LogP contribution is 2.17. The molecule has 0 aliphatic carbocycles. The van der Waals surface area contributed by atoms with Crippen LogP contribution in [0.1, 0.15) is 19.4 Å². The van der Waals surface area contributed by atoms with Crippen molar-refractivity contribution in [2.45, 2.75) is 32.0 Å². The zero-order valence-corrected chi connectivity index (χ0v) is 8.67. The molecule has 0 saturated heterocycles. The number of benzene rings is 1. The molecule has 0 saturated carbocycles. The summed E-state index contributed by atoms with van der Waals surface area (Å²) in [6.07, 6.45) is -1.25. The van der Waals surface area contributed by atoms with E-state index in [0.717, 1.165) is 18.2 Å². The summed E-state index contributed by atoms with van der Waals surface area (Å²) < 4.78 is 25.9. The van der Waals surface area contributed by atoms with E-state index in [0.29, 0.717) is 0 Å². The number of aliphatic hydroxyl groups excluding tert-OH is 1. The molecular formula is C11H14F2O2. The zero-order valence-electron chi connectivity index (χ0n) is 8.67. The second-order valence-corrected chi connectivity index (χ2v) is 4.11. The van der Waals surface area contributed by atoms with Crippen molar-refractivity contribution in [3.05, 3.63) is 35.4 Å². The molecule has 4 heteroatoms. The summed E-state index contributed by atoms with van der Waals surface area (Å²) in [4.78, 5) is 0. The summed E-state index contributed by atoms with van der Waals surface area (Å²) in [5, 5.41) is 19.0. The van der Waals surface area contributed by atoms with Crippen molar-refractivity contribution < 1.29 is 19.0 Å². The van der Waals surface area contributed by atoms with Gasteiger partial charge in [-0.25, -0.2) is 8.78 Å². The molecule has 0 fully saturated rings. The Bertz CT molecular complexity index is 345. The van der Waals surface area contributed by atoms with Gasteiger partial charge in [-0.05, 0) is 37.6 Å². The van der Waals surface area contributed by atoms with Gasteiger partial charge in [0.1, 0.15) is 11.6 Å². The number of hydrogen-bond acceptors (Lipinski definition) is 2. The number of hydrogen-bond donors (Lipinski definition) is 2. The Hall–Kier alpha value is -1.00. The van der Waals surface area contributed by atoms with Gasteiger partial charge >= 0.3 is 0 Å². The Morgan fingerprint density at radius 1 is 1.33 bits per heavy atom. The van der Waals surface area contributed by atoms with Crippen LogP contribution in [0, 0.1) is 11.6 Å². The normalized spacial score (nSPS) is 14.0. The summed E-state index contributed by atoms with van der Waals surface area (Å²) in [5.74, 6) is -1.14. The monoisotopic (exact) mass is 216 g/mol. The van der Waals surface area contributed by atoms with Crippen molar-refractivity contribution >= 4 is 0 Å². The molecule has 0 aliphatic rings. The highest BCUT2D eigenvalue weighted by atomic mass is 19.1. The van der Waals surface area contributed by atoms with Crippen LogP contribution < -0.4 is 0 Å². The van der Waals surface area contributed by atoms with Gasteiger partial charge in [0.2, 0.25) is 0 Å². The average molecular weight is 216 g/mol. The van der Waals surface area contributed by atoms with E-state index in [9.17, 15) is 19.0 Å². The average Bonchev–Trinajstić information content (AvgIpc) is 2.09. The predicted molar refractivity (Wildman–Crippen MR) is 52.4 cm³/mol. The van der Waals surface area contributed by atoms with Gasteiger partial charge in [0.05, 0.1) is 11.7 Å². The molecule has 2 N–H and O–H groups in total. The molecule has 0 bridgehead atoms. The van der Waals surface area contributed by atoms with E-state index in [1.54, 1.807) is 0 Å². The molecule has 1 aromatic rings. The van der Waals surface area contributed by atoms with Gasteiger partial charge in [-0.3, -0.25) is 0 Å². The molecule has 0 amide bonds. The van der Waals surface area contributed by atoms with Gasteiger partial charge in [-0.1, -0.05) is 0 Å². The lowest BCUT2D eigenvalue weighted by atomic mass is 9.95. The molecule has 2 nitrogen and oxygen atoms in total. The topological polar surface area (TPSA) is 40.5 Å². The van der Waals surface area contributed by atoms with Crippen LogP contribution in [-0.4, -0.2) is 21.9 Å². The van der Waals surface area contributed by atoms with Crippen LogP contribution in [0.4, 0.5) is 8.78 Å². The largest absolute Gasteiger partial charge is 0.390 e. The van der Waals surface area contributed by atoms with Crippen molar-refractivity contribution in [2.24, 2.45) is 0 Å². The van der Waals surface area contributed by atoms with Gasteiger partial charge in [-0.15, -0.1) is 0 Å². The molecule has 0 aliphatic heterocycles. The molecule has 0 aromatic heterocycles. The molecule has 1 rings (SSSR count). The molecule has 15 heavy (non-hydrogen) atoms. The summed E-state index contributed by atoms with van der Waals surface area (Å²) in [7, 11) is 0. The Balaban J connectivity index is 2.85. The maximum Gasteiger partial charge on any atom is 0.126 e. The summed E-state index contributed by atoms with van der Waals surface area (Å²) in [5.41, 5.74) is -1.27. The van der Waals surface area contributed by atoms with Crippen LogP contribution in [0.15, 0.2) is 18.2 Å². The van der Waals surface area contributed by atoms with Crippen LogP contribution in [0.3, 0.4) is 0 Å². The van der Waals surface area contributed by atoms with Crippen LogP contribution in [0.5, 0.6) is 0 Å². The van der Waals surface area contributed by atoms with Crippen molar-refractivity contribution in [3.63, 3.8) is 0 Å². The minimum atomic E-state index is -1.33. The van der Waals surface area contributed by atoms with E-state index >= 15 is 0 Å². The minimum Gasteiger partial charge on any atom is -0.390 e. The second kappa shape index (κ2) is 4.24. The lowest BCUT2D eigenvalue weighted by molar-refractivity contribution is -0.0472. The molecule has 84 valence electrons. The first-order chi connectivity index (χ1) is 6.80. The molecule has 1 unspecified atom stereocenters. The summed E-state index contributed by atoms with van der Waals surface area (Å²) in [6.45, 7) is 2.82. The first-order valence-corrected chi connectivity index (χ1v) is 4.65. The Morgan fingerprint density at radius 2 is 1.93 bits per heavy atom. The van der Waals surface area contributed by atoms with Gasteiger partial charge in [0.15, 0.2) is 0 Å². The maximum absolute atomic E-state index is 13.2. The number of aliphatic hydroxyl groups is 2. The molecular weight excluding hydrogens is 202 g/mol. The summed E-state index contributed by atoms with van der Waals surface area (Å²) >= 11 is 0. The highest BCUT2D eigenvalue weighted by molar-refractivity contribution is 5.20. The van der Waals surface area contributed by atoms with Crippen LogP contribution in [-0.2, 0) is 6.42 Å². The van der Waals surface area contributed by atoms with Gasteiger partial charge in [0.25, 0.3) is 0 Å². The summed E-state index contributed by atoms with van der Waals surface area (Å²) in [6, 6.07) is 3.03. The Labute approximate surface area is 87.2 Å².